The highest BCUT2D eigenvalue weighted by Gasteiger charge is 2.19. The van der Waals surface area contributed by atoms with Crippen LogP contribution in [0.4, 0.5) is 4.79 Å². The largest absolute Gasteiger partial charge is 0.519 e. The topological polar surface area (TPSA) is 54.0 Å². The molecular formula is C23H24O5. The lowest BCUT2D eigenvalue weighted by Gasteiger charge is -2.17. The smallest absolute Gasteiger partial charge is 0.493 e. The van der Waals surface area contributed by atoms with Crippen molar-refractivity contribution in [3.05, 3.63) is 60.7 Å². The zero-order chi connectivity index (χ0) is 19.8. The number of carbonyl (C=O) groups is 1. The van der Waals surface area contributed by atoms with Gasteiger partial charge in [0, 0.05) is 16.8 Å². The van der Waals surface area contributed by atoms with Crippen molar-refractivity contribution in [3.63, 3.8) is 0 Å². The summed E-state index contributed by atoms with van der Waals surface area (Å²) in [6.45, 7) is 5.15. The molecule has 0 fully saturated rings. The summed E-state index contributed by atoms with van der Waals surface area (Å²) in [6.07, 6.45) is 0.896. The van der Waals surface area contributed by atoms with Crippen molar-refractivity contribution in [2.75, 3.05) is 13.2 Å². The number of fused-ring (bicyclic) bond motifs is 1. The van der Waals surface area contributed by atoms with Crippen molar-refractivity contribution >= 4 is 16.9 Å². The summed E-state index contributed by atoms with van der Waals surface area (Å²) in [5.74, 6) is 1.90. The average molecular weight is 380 g/mol. The second-order valence-electron chi connectivity index (χ2n) is 6.21. The Morgan fingerprint density at radius 2 is 1.36 bits per heavy atom. The molecule has 0 spiro atoms. The van der Waals surface area contributed by atoms with E-state index in [9.17, 15) is 4.79 Å². The lowest BCUT2D eigenvalue weighted by Crippen LogP contribution is -2.15. The molecule has 146 valence electrons. The van der Waals surface area contributed by atoms with Crippen LogP contribution >= 0.6 is 0 Å². The van der Waals surface area contributed by atoms with Gasteiger partial charge in [-0.2, -0.15) is 0 Å². The third kappa shape index (κ3) is 4.74. The van der Waals surface area contributed by atoms with E-state index in [4.69, 9.17) is 18.9 Å². The van der Waals surface area contributed by atoms with Crippen LogP contribution in [0.15, 0.2) is 60.7 Å². The van der Waals surface area contributed by atoms with E-state index in [1.54, 1.807) is 30.3 Å². The molecule has 0 heterocycles. The maximum Gasteiger partial charge on any atom is 0.519 e. The predicted molar refractivity (Wildman–Crippen MR) is 109 cm³/mol. The highest BCUT2D eigenvalue weighted by molar-refractivity contribution is 5.96. The van der Waals surface area contributed by atoms with Crippen LogP contribution in [0.2, 0.25) is 0 Å². The molecule has 28 heavy (non-hydrogen) atoms. The molecule has 3 aromatic rings. The molecule has 3 aromatic carbocycles. The van der Waals surface area contributed by atoms with Gasteiger partial charge in [-0.25, -0.2) is 4.79 Å². The summed E-state index contributed by atoms with van der Waals surface area (Å²) < 4.78 is 22.6. The lowest BCUT2D eigenvalue weighted by atomic mass is 10.1. The van der Waals surface area contributed by atoms with E-state index in [1.165, 1.54) is 0 Å². The van der Waals surface area contributed by atoms with Crippen LogP contribution in [0.5, 0.6) is 23.0 Å². The standard InChI is InChI=1S/C23H24O5/c1-3-14-25-20-16-21(26-15-4-2)22(19-13-9-8-12-18(19)20)28-23(24)27-17-10-6-5-7-11-17/h5-13,16H,3-4,14-15H2,1-2H3. The van der Waals surface area contributed by atoms with Crippen molar-refractivity contribution < 1.29 is 23.7 Å². The first-order chi connectivity index (χ1) is 13.7. The molecule has 0 bridgehead atoms. The van der Waals surface area contributed by atoms with Gasteiger partial charge in [0.1, 0.15) is 11.5 Å². The van der Waals surface area contributed by atoms with Crippen molar-refractivity contribution in [1.82, 2.24) is 0 Å². The molecule has 0 aromatic heterocycles. The minimum absolute atomic E-state index is 0.328. The van der Waals surface area contributed by atoms with Gasteiger partial charge in [0.25, 0.3) is 0 Å². The van der Waals surface area contributed by atoms with Crippen molar-refractivity contribution in [2.45, 2.75) is 26.7 Å². The fourth-order valence-electron chi connectivity index (χ4n) is 2.74. The van der Waals surface area contributed by atoms with Crippen LogP contribution in [0.1, 0.15) is 26.7 Å². The van der Waals surface area contributed by atoms with Crippen molar-refractivity contribution in [1.29, 1.82) is 0 Å². The van der Waals surface area contributed by atoms with E-state index < -0.39 is 6.16 Å². The van der Waals surface area contributed by atoms with Gasteiger partial charge in [0.05, 0.1) is 13.2 Å². The highest BCUT2D eigenvalue weighted by atomic mass is 16.7. The molecule has 0 unspecified atom stereocenters. The minimum atomic E-state index is -0.820. The normalized spacial score (nSPS) is 10.5. The Labute approximate surface area is 164 Å². The van der Waals surface area contributed by atoms with E-state index in [1.807, 2.05) is 44.2 Å². The third-order valence-corrected chi connectivity index (χ3v) is 3.98. The molecule has 3 rings (SSSR count). The molecule has 0 aliphatic carbocycles. The first-order valence-electron chi connectivity index (χ1n) is 9.49. The monoisotopic (exact) mass is 380 g/mol. The molecule has 5 heteroatoms. The van der Waals surface area contributed by atoms with Gasteiger partial charge in [-0.15, -0.1) is 0 Å². The molecule has 0 aliphatic rings. The molecule has 0 aliphatic heterocycles. The summed E-state index contributed by atoms with van der Waals surface area (Å²) in [5, 5.41) is 1.58. The van der Waals surface area contributed by atoms with Gasteiger partial charge in [0.2, 0.25) is 0 Å². The Balaban J connectivity index is 1.97. The number of carbonyl (C=O) groups excluding carboxylic acids is 1. The molecule has 0 N–H and O–H groups in total. The van der Waals surface area contributed by atoms with Crippen LogP contribution in [0.25, 0.3) is 10.8 Å². The molecule has 0 radical (unpaired) electrons. The van der Waals surface area contributed by atoms with E-state index in [2.05, 4.69) is 0 Å². The molecule has 0 saturated heterocycles. The number of hydrogen-bond acceptors (Lipinski definition) is 5. The van der Waals surface area contributed by atoms with Gasteiger partial charge in [-0.05, 0) is 25.0 Å². The van der Waals surface area contributed by atoms with E-state index in [-0.39, 0.29) is 0 Å². The fraction of sp³-hybridized carbons (Fsp3) is 0.261. The molecule has 0 amide bonds. The molecule has 5 nitrogen and oxygen atoms in total. The van der Waals surface area contributed by atoms with Crippen LogP contribution in [0, 0.1) is 0 Å². The average Bonchev–Trinajstić information content (AvgIpc) is 2.72. The van der Waals surface area contributed by atoms with Crippen LogP contribution in [-0.4, -0.2) is 19.4 Å². The first-order valence-corrected chi connectivity index (χ1v) is 9.49. The molecule has 0 atom stereocenters. The minimum Gasteiger partial charge on any atom is -0.493 e. The Morgan fingerprint density at radius 3 is 2.04 bits per heavy atom. The summed E-state index contributed by atoms with van der Waals surface area (Å²) in [4.78, 5) is 12.4. The zero-order valence-electron chi connectivity index (χ0n) is 16.1. The van der Waals surface area contributed by atoms with Crippen LogP contribution in [0.3, 0.4) is 0 Å². The van der Waals surface area contributed by atoms with E-state index >= 15 is 0 Å². The zero-order valence-corrected chi connectivity index (χ0v) is 16.1. The van der Waals surface area contributed by atoms with Gasteiger partial charge < -0.3 is 18.9 Å². The number of rotatable bonds is 8. The summed E-state index contributed by atoms with van der Waals surface area (Å²) >= 11 is 0. The SMILES string of the molecule is CCCOc1cc(OCCC)c2ccccc2c1OC(=O)Oc1ccccc1. The van der Waals surface area contributed by atoms with Crippen molar-refractivity contribution in [3.8, 4) is 23.0 Å². The van der Waals surface area contributed by atoms with Crippen LogP contribution < -0.4 is 18.9 Å². The van der Waals surface area contributed by atoms with Gasteiger partial charge in [-0.1, -0.05) is 56.3 Å². The first kappa shape index (κ1) is 19.5. The summed E-state index contributed by atoms with van der Waals surface area (Å²) in [6, 6.07) is 18.2. The van der Waals surface area contributed by atoms with E-state index in [0.717, 1.165) is 23.6 Å². The predicted octanol–water partition coefficient (Wildman–Crippen LogP) is 6.00. The van der Waals surface area contributed by atoms with Crippen LogP contribution in [-0.2, 0) is 0 Å². The maximum absolute atomic E-state index is 12.4. The quantitative estimate of drug-likeness (QED) is 0.355. The van der Waals surface area contributed by atoms with E-state index in [0.29, 0.717) is 36.2 Å². The Morgan fingerprint density at radius 1 is 0.750 bits per heavy atom. The summed E-state index contributed by atoms with van der Waals surface area (Å²) in [5.41, 5.74) is 0. The Bertz CT molecular complexity index is 921. The lowest BCUT2D eigenvalue weighted by molar-refractivity contribution is 0.150. The number of ether oxygens (including phenoxy) is 4. The van der Waals surface area contributed by atoms with Gasteiger partial charge in [-0.3, -0.25) is 0 Å². The Kier molecular flexibility index (Phi) is 6.73. The second-order valence-corrected chi connectivity index (χ2v) is 6.21. The second kappa shape index (κ2) is 9.65. The Hall–Kier alpha value is -3.21. The highest BCUT2D eigenvalue weighted by Crippen LogP contribution is 2.42. The van der Waals surface area contributed by atoms with Crippen molar-refractivity contribution in [2.24, 2.45) is 0 Å². The molecule has 0 saturated carbocycles. The third-order valence-electron chi connectivity index (χ3n) is 3.98. The molecular weight excluding hydrogens is 356 g/mol. The summed E-state index contributed by atoms with van der Waals surface area (Å²) in [7, 11) is 0. The fourth-order valence-corrected chi connectivity index (χ4v) is 2.74. The van der Waals surface area contributed by atoms with Gasteiger partial charge >= 0.3 is 6.16 Å². The number of hydrogen-bond donors (Lipinski definition) is 0. The van der Waals surface area contributed by atoms with Gasteiger partial charge in [0.15, 0.2) is 11.5 Å². The number of para-hydroxylation sites is 1. The number of benzene rings is 3. The maximum atomic E-state index is 12.4.